The van der Waals surface area contributed by atoms with Gasteiger partial charge in [0.05, 0.1) is 11.1 Å². The number of carbonyl (C=O) groups excluding carboxylic acids is 1. The molecule has 0 unspecified atom stereocenters. The average Bonchev–Trinajstić information content (AvgIpc) is 3.14. The second-order valence-corrected chi connectivity index (χ2v) is 6.42. The number of benzene rings is 1. The Labute approximate surface area is 133 Å². The van der Waals surface area contributed by atoms with E-state index in [-0.39, 0.29) is 6.10 Å². The number of rotatable bonds is 5. The summed E-state index contributed by atoms with van der Waals surface area (Å²) in [4.78, 5) is 23.2. The number of carboxylic acid groups (broad SMARTS) is 1. The number of anilines is 1. The van der Waals surface area contributed by atoms with Gasteiger partial charge in [-0.3, -0.25) is 9.59 Å². The molecule has 0 saturated heterocycles. The van der Waals surface area contributed by atoms with Crippen LogP contribution in [-0.2, 0) is 9.59 Å². The number of halogens is 1. The average molecular weight is 324 g/mol. The normalized spacial score (nSPS) is 19.7. The van der Waals surface area contributed by atoms with E-state index in [4.69, 9.17) is 21.4 Å². The molecule has 0 aliphatic heterocycles. The maximum absolute atomic E-state index is 12.0. The van der Waals surface area contributed by atoms with Crippen LogP contribution in [0.25, 0.3) is 0 Å². The molecular formula is C16H18ClNO4. The van der Waals surface area contributed by atoms with Gasteiger partial charge in [-0.15, -0.1) is 0 Å². The molecule has 2 aliphatic rings. The summed E-state index contributed by atoms with van der Waals surface area (Å²) < 4.78 is 5.85. The van der Waals surface area contributed by atoms with Crippen molar-refractivity contribution in [1.82, 2.24) is 0 Å². The van der Waals surface area contributed by atoms with Crippen LogP contribution >= 0.6 is 11.6 Å². The first kappa shape index (κ1) is 15.2. The summed E-state index contributed by atoms with van der Waals surface area (Å²) in [6.45, 7) is 0. The molecule has 1 amide bonds. The Morgan fingerprint density at radius 2 is 1.95 bits per heavy atom. The van der Waals surface area contributed by atoms with E-state index >= 15 is 0 Å². The standard InChI is InChI=1S/C16H18ClNO4/c17-12-9-10(18-14(19)16(7-8-16)15(20)21)5-6-13(12)22-11-3-1-2-4-11/h5-6,9,11H,1-4,7-8H2,(H,18,19)(H,20,21). The summed E-state index contributed by atoms with van der Waals surface area (Å²) in [6, 6.07) is 5.00. The van der Waals surface area contributed by atoms with Crippen molar-refractivity contribution in [2.75, 3.05) is 5.32 Å². The molecule has 0 radical (unpaired) electrons. The van der Waals surface area contributed by atoms with Crippen LogP contribution < -0.4 is 10.1 Å². The van der Waals surface area contributed by atoms with Crippen molar-refractivity contribution in [2.24, 2.45) is 5.41 Å². The molecule has 2 saturated carbocycles. The van der Waals surface area contributed by atoms with Crippen LogP contribution in [-0.4, -0.2) is 23.1 Å². The molecule has 2 N–H and O–H groups in total. The topological polar surface area (TPSA) is 75.6 Å². The molecule has 1 aromatic rings. The Balaban J connectivity index is 1.66. The van der Waals surface area contributed by atoms with Crippen LogP contribution in [0.15, 0.2) is 18.2 Å². The number of ether oxygens (including phenoxy) is 1. The minimum absolute atomic E-state index is 0.208. The fourth-order valence-corrected chi connectivity index (χ4v) is 3.00. The maximum Gasteiger partial charge on any atom is 0.319 e. The number of carboxylic acids is 1. The number of amides is 1. The van der Waals surface area contributed by atoms with Gasteiger partial charge >= 0.3 is 5.97 Å². The SMILES string of the molecule is O=C(O)C1(C(=O)Nc2ccc(OC3CCCC3)c(Cl)c2)CC1. The highest BCUT2D eigenvalue weighted by Gasteiger charge is 2.57. The molecule has 2 aliphatic carbocycles. The van der Waals surface area contributed by atoms with E-state index in [0.717, 1.165) is 12.8 Å². The molecule has 2 fully saturated rings. The highest BCUT2D eigenvalue weighted by Crippen LogP contribution is 2.47. The first-order valence-corrected chi connectivity index (χ1v) is 7.90. The van der Waals surface area contributed by atoms with Crippen LogP contribution in [0.2, 0.25) is 5.02 Å². The van der Waals surface area contributed by atoms with Gasteiger partial charge in [0.1, 0.15) is 11.2 Å². The first-order valence-electron chi connectivity index (χ1n) is 7.52. The predicted octanol–water partition coefficient (Wildman–Crippen LogP) is 3.46. The van der Waals surface area contributed by atoms with Gasteiger partial charge in [-0.2, -0.15) is 0 Å². The lowest BCUT2D eigenvalue weighted by Gasteiger charge is -2.16. The number of carbonyl (C=O) groups is 2. The van der Waals surface area contributed by atoms with Crippen molar-refractivity contribution in [3.8, 4) is 5.75 Å². The maximum atomic E-state index is 12.0. The van der Waals surface area contributed by atoms with Gasteiger partial charge < -0.3 is 15.2 Å². The number of aliphatic carboxylic acids is 1. The van der Waals surface area contributed by atoms with E-state index < -0.39 is 17.3 Å². The van der Waals surface area contributed by atoms with Gasteiger partial charge in [-0.25, -0.2) is 0 Å². The van der Waals surface area contributed by atoms with Gasteiger partial charge in [0.2, 0.25) is 5.91 Å². The van der Waals surface area contributed by atoms with Gasteiger partial charge in [-0.1, -0.05) is 11.6 Å². The Morgan fingerprint density at radius 1 is 1.27 bits per heavy atom. The Hall–Kier alpha value is -1.75. The van der Waals surface area contributed by atoms with Crippen molar-refractivity contribution < 1.29 is 19.4 Å². The van der Waals surface area contributed by atoms with E-state index in [0.29, 0.717) is 29.3 Å². The van der Waals surface area contributed by atoms with E-state index in [2.05, 4.69) is 5.32 Å². The second kappa shape index (κ2) is 5.80. The molecule has 0 spiro atoms. The minimum atomic E-state index is -1.26. The highest BCUT2D eigenvalue weighted by atomic mass is 35.5. The van der Waals surface area contributed by atoms with Crippen molar-refractivity contribution in [3.63, 3.8) is 0 Å². The van der Waals surface area contributed by atoms with Gasteiger partial charge in [-0.05, 0) is 56.7 Å². The van der Waals surface area contributed by atoms with Crippen LogP contribution in [0.1, 0.15) is 38.5 Å². The quantitative estimate of drug-likeness (QED) is 0.814. The zero-order chi connectivity index (χ0) is 15.7. The fourth-order valence-electron chi connectivity index (χ4n) is 2.77. The Morgan fingerprint density at radius 3 is 2.50 bits per heavy atom. The van der Waals surface area contributed by atoms with Gasteiger partial charge in [0.25, 0.3) is 0 Å². The molecule has 3 rings (SSSR count). The van der Waals surface area contributed by atoms with Crippen molar-refractivity contribution in [1.29, 1.82) is 0 Å². The lowest BCUT2D eigenvalue weighted by molar-refractivity contribution is -0.147. The zero-order valence-electron chi connectivity index (χ0n) is 12.1. The number of nitrogens with one attached hydrogen (secondary N) is 1. The van der Waals surface area contributed by atoms with Crippen LogP contribution in [0.5, 0.6) is 5.75 Å². The lowest BCUT2D eigenvalue weighted by atomic mass is 10.1. The monoisotopic (exact) mass is 323 g/mol. The van der Waals surface area contributed by atoms with E-state index in [1.807, 2.05) is 0 Å². The second-order valence-electron chi connectivity index (χ2n) is 6.01. The van der Waals surface area contributed by atoms with Crippen LogP contribution in [0, 0.1) is 5.41 Å². The van der Waals surface area contributed by atoms with Crippen molar-refractivity contribution in [3.05, 3.63) is 23.2 Å². The van der Waals surface area contributed by atoms with Crippen molar-refractivity contribution >= 4 is 29.2 Å². The largest absolute Gasteiger partial charge is 0.489 e. The third-order valence-corrected chi connectivity index (χ3v) is 4.67. The van der Waals surface area contributed by atoms with Crippen molar-refractivity contribution in [2.45, 2.75) is 44.6 Å². The summed E-state index contributed by atoms with van der Waals surface area (Å²) in [7, 11) is 0. The summed E-state index contributed by atoms with van der Waals surface area (Å²) in [5.41, 5.74) is -0.771. The minimum Gasteiger partial charge on any atom is -0.489 e. The molecule has 6 heteroatoms. The fraction of sp³-hybridized carbons (Fsp3) is 0.500. The molecule has 1 aromatic carbocycles. The lowest BCUT2D eigenvalue weighted by Crippen LogP contribution is -2.31. The Bertz CT molecular complexity index is 606. The van der Waals surface area contributed by atoms with Crippen LogP contribution in [0.3, 0.4) is 0 Å². The van der Waals surface area contributed by atoms with Gasteiger partial charge in [0, 0.05) is 5.69 Å². The highest BCUT2D eigenvalue weighted by molar-refractivity contribution is 6.32. The third kappa shape index (κ3) is 2.90. The van der Waals surface area contributed by atoms with Crippen LogP contribution in [0.4, 0.5) is 5.69 Å². The molecule has 118 valence electrons. The summed E-state index contributed by atoms with van der Waals surface area (Å²) in [5.74, 6) is -0.955. The third-order valence-electron chi connectivity index (χ3n) is 4.38. The zero-order valence-corrected chi connectivity index (χ0v) is 12.9. The smallest absolute Gasteiger partial charge is 0.319 e. The molecule has 0 heterocycles. The molecule has 0 atom stereocenters. The summed E-state index contributed by atoms with van der Waals surface area (Å²) in [5, 5.41) is 12.2. The number of hydrogen-bond acceptors (Lipinski definition) is 3. The molecule has 0 aromatic heterocycles. The van der Waals surface area contributed by atoms with E-state index in [1.165, 1.54) is 12.8 Å². The molecule has 5 nitrogen and oxygen atoms in total. The molecule has 22 heavy (non-hydrogen) atoms. The summed E-state index contributed by atoms with van der Waals surface area (Å²) in [6.07, 6.45) is 5.39. The predicted molar refractivity (Wildman–Crippen MR) is 82.3 cm³/mol. The van der Waals surface area contributed by atoms with E-state index in [1.54, 1.807) is 18.2 Å². The first-order chi connectivity index (χ1) is 10.5. The Kier molecular flexibility index (Phi) is 4.00. The molecule has 0 bridgehead atoms. The summed E-state index contributed by atoms with van der Waals surface area (Å²) >= 11 is 6.19. The van der Waals surface area contributed by atoms with Gasteiger partial charge in [0.15, 0.2) is 0 Å². The molecular weight excluding hydrogens is 306 g/mol. The van der Waals surface area contributed by atoms with E-state index in [9.17, 15) is 9.59 Å². The number of hydrogen-bond donors (Lipinski definition) is 2.